The maximum atomic E-state index is 12.0. The van der Waals surface area contributed by atoms with Crippen LogP contribution in [0.4, 0.5) is 17.1 Å². The van der Waals surface area contributed by atoms with Crippen molar-refractivity contribution in [3.8, 4) is 28.7 Å². The quantitative estimate of drug-likeness (QED) is 0.0601. The highest BCUT2D eigenvalue weighted by molar-refractivity contribution is 5.77. The summed E-state index contributed by atoms with van der Waals surface area (Å²) < 4.78 is 17.5. The molecule has 0 aliphatic rings. The van der Waals surface area contributed by atoms with E-state index >= 15 is 0 Å². The Labute approximate surface area is 297 Å². The molecule has 5 rings (SSSR count). The van der Waals surface area contributed by atoms with Crippen LogP contribution in [0, 0.1) is 5.41 Å². The van der Waals surface area contributed by atoms with Gasteiger partial charge in [0.15, 0.2) is 0 Å². The first-order valence-corrected chi connectivity index (χ1v) is 18.2. The second kappa shape index (κ2) is 18.7. The van der Waals surface area contributed by atoms with Crippen molar-refractivity contribution in [1.82, 2.24) is 10.2 Å². The zero-order valence-corrected chi connectivity index (χ0v) is 29.9. The zero-order chi connectivity index (χ0) is 35.0. The number of ether oxygens (including phenoxy) is 2. The van der Waals surface area contributed by atoms with Crippen molar-refractivity contribution >= 4 is 23.0 Å². The third kappa shape index (κ3) is 10.5. The fourth-order valence-electron chi connectivity index (χ4n) is 5.64. The van der Waals surface area contributed by atoms with Gasteiger partial charge in [-0.05, 0) is 106 Å². The van der Waals surface area contributed by atoms with Crippen molar-refractivity contribution in [2.75, 3.05) is 18.1 Å². The standard InChI is InChI=1S/C43H51N3O4/c1-4-43(2,3)42(47)49-33-19-11-9-7-5-6-8-10-18-32-48-39-30-26-35(27-31-39)41-45-44-40(50-41)34-24-28-38(29-25-34)46(36-20-14-12-15-21-36)37-22-16-13-17-23-37/h12-17,20-31H,4-11,18-19,32-33H2,1-3H3. The molecule has 262 valence electrons. The van der Waals surface area contributed by atoms with Gasteiger partial charge >= 0.3 is 5.97 Å². The van der Waals surface area contributed by atoms with E-state index in [2.05, 4.69) is 51.5 Å². The maximum absolute atomic E-state index is 12.0. The number of hydrogen-bond acceptors (Lipinski definition) is 7. The van der Waals surface area contributed by atoms with Crippen molar-refractivity contribution in [2.45, 2.75) is 85.0 Å². The predicted molar refractivity (Wildman–Crippen MR) is 202 cm³/mol. The molecule has 0 aliphatic carbocycles. The molecule has 1 heterocycles. The number of esters is 1. The van der Waals surface area contributed by atoms with Crippen LogP contribution in [0.15, 0.2) is 114 Å². The smallest absolute Gasteiger partial charge is 0.311 e. The molecule has 5 aromatic rings. The van der Waals surface area contributed by atoms with E-state index in [1.165, 1.54) is 38.5 Å². The first-order valence-electron chi connectivity index (χ1n) is 18.2. The SMILES string of the molecule is CCC(C)(C)C(=O)OCCCCCCCCCCCOc1ccc(-c2nnc(-c3ccc(N(c4ccccc4)c4ccccc4)cc3)o2)cc1. The Hall–Kier alpha value is -4.91. The largest absolute Gasteiger partial charge is 0.494 e. The number of rotatable bonds is 20. The summed E-state index contributed by atoms with van der Waals surface area (Å²) in [5.41, 5.74) is 4.55. The average Bonchev–Trinajstić information content (AvgIpc) is 3.65. The Morgan fingerprint density at radius 3 is 1.54 bits per heavy atom. The highest BCUT2D eigenvalue weighted by Gasteiger charge is 2.26. The number of unbranched alkanes of at least 4 members (excludes halogenated alkanes) is 8. The Kier molecular flexibility index (Phi) is 13.6. The summed E-state index contributed by atoms with van der Waals surface area (Å²) in [5, 5.41) is 8.64. The topological polar surface area (TPSA) is 77.7 Å². The molecule has 0 amide bonds. The monoisotopic (exact) mass is 673 g/mol. The van der Waals surface area contributed by atoms with Crippen molar-refractivity contribution in [3.63, 3.8) is 0 Å². The van der Waals surface area contributed by atoms with Crippen LogP contribution in [0.2, 0.25) is 0 Å². The lowest BCUT2D eigenvalue weighted by atomic mass is 9.91. The molecule has 4 aromatic carbocycles. The Balaban J connectivity index is 0.994. The molecule has 7 heteroatoms. The van der Waals surface area contributed by atoms with Crippen LogP contribution in [0.1, 0.15) is 85.0 Å². The summed E-state index contributed by atoms with van der Waals surface area (Å²) in [6.07, 6.45) is 11.3. The molecule has 0 aliphatic heterocycles. The molecule has 7 nitrogen and oxygen atoms in total. The number of anilines is 3. The Morgan fingerprint density at radius 1 is 0.600 bits per heavy atom. The highest BCUT2D eigenvalue weighted by atomic mass is 16.5. The van der Waals surface area contributed by atoms with E-state index in [9.17, 15) is 4.79 Å². The molecule has 0 spiro atoms. The van der Waals surface area contributed by atoms with E-state index in [0.717, 1.165) is 59.6 Å². The number of carbonyl (C=O) groups excluding carboxylic acids is 1. The highest BCUT2D eigenvalue weighted by Crippen LogP contribution is 2.35. The van der Waals surface area contributed by atoms with Gasteiger partial charge < -0.3 is 18.8 Å². The van der Waals surface area contributed by atoms with Gasteiger partial charge in [0.25, 0.3) is 0 Å². The first-order chi connectivity index (χ1) is 24.4. The average molecular weight is 674 g/mol. The van der Waals surface area contributed by atoms with Crippen LogP contribution < -0.4 is 9.64 Å². The van der Waals surface area contributed by atoms with Crippen LogP contribution in [-0.4, -0.2) is 29.4 Å². The minimum atomic E-state index is -0.372. The fourth-order valence-corrected chi connectivity index (χ4v) is 5.64. The molecule has 50 heavy (non-hydrogen) atoms. The molecule has 0 saturated carbocycles. The lowest BCUT2D eigenvalue weighted by Gasteiger charge is -2.25. The molecule has 0 fully saturated rings. The van der Waals surface area contributed by atoms with Crippen LogP contribution in [0.25, 0.3) is 22.9 Å². The van der Waals surface area contributed by atoms with Crippen molar-refractivity contribution in [3.05, 3.63) is 109 Å². The second-order valence-corrected chi connectivity index (χ2v) is 13.4. The predicted octanol–water partition coefficient (Wildman–Crippen LogP) is 11.7. The van der Waals surface area contributed by atoms with E-state index in [1.54, 1.807) is 0 Å². The molecule has 0 bridgehead atoms. The third-order valence-corrected chi connectivity index (χ3v) is 9.15. The van der Waals surface area contributed by atoms with Gasteiger partial charge in [-0.3, -0.25) is 4.79 Å². The fraction of sp³-hybridized carbons (Fsp3) is 0.372. The number of nitrogens with zero attached hydrogens (tertiary/aromatic N) is 3. The number of para-hydroxylation sites is 2. The second-order valence-electron chi connectivity index (χ2n) is 13.4. The summed E-state index contributed by atoms with van der Waals surface area (Å²) in [7, 11) is 0. The molecule has 0 atom stereocenters. The van der Waals surface area contributed by atoms with Gasteiger partial charge in [0.05, 0.1) is 18.6 Å². The lowest BCUT2D eigenvalue weighted by Crippen LogP contribution is -2.26. The Bertz CT molecular complexity index is 1660. The van der Waals surface area contributed by atoms with E-state index in [0.29, 0.717) is 25.0 Å². The third-order valence-electron chi connectivity index (χ3n) is 9.15. The maximum Gasteiger partial charge on any atom is 0.311 e. The van der Waals surface area contributed by atoms with Gasteiger partial charge in [-0.25, -0.2) is 0 Å². The summed E-state index contributed by atoms with van der Waals surface area (Å²) in [4.78, 5) is 14.2. The van der Waals surface area contributed by atoms with Gasteiger partial charge in [0, 0.05) is 28.2 Å². The summed E-state index contributed by atoms with van der Waals surface area (Å²) in [6.45, 7) is 7.16. The normalized spacial score (nSPS) is 11.3. The van der Waals surface area contributed by atoms with E-state index < -0.39 is 0 Å². The van der Waals surface area contributed by atoms with E-state index in [-0.39, 0.29) is 11.4 Å². The molecule has 0 radical (unpaired) electrons. The summed E-state index contributed by atoms with van der Waals surface area (Å²) in [6, 6.07) is 36.7. The summed E-state index contributed by atoms with van der Waals surface area (Å²) in [5.74, 6) is 1.72. The van der Waals surface area contributed by atoms with E-state index in [4.69, 9.17) is 13.9 Å². The van der Waals surface area contributed by atoms with Crippen molar-refractivity contribution in [2.24, 2.45) is 5.41 Å². The molecular formula is C43H51N3O4. The number of benzene rings is 4. The molecular weight excluding hydrogens is 622 g/mol. The number of aromatic nitrogens is 2. The summed E-state index contributed by atoms with van der Waals surface area (Å²) >= 11 is 0. The van der Waals surface area contributed by atoms with Crippen molar-refractivity contribution < 1.29 is 18.7 Å². The van der Waals surface area contributed by atoms with Gasteiger partial charge in [0.1, 0.15) is 5.75 Å². The van der Waals surface area contributed by atoms with E-state index in [1.807, 2.05) is 93.6 Å². The van der Waals surface area contributed by atoms with Gasteiger partial charge in [-0.2, -0.15) is 0 Å². The van der Waals surface area contributed by atoms with Gasteiger partial charge in [-0.1, -0.05) is 88.3 Å². The van der Waals surface area contributed by atoms with Crippen LogP contribution in [0.5, 0.6) is 5.75 Å². The molecule has 0 saturated heterocycles. The van der Waals surface area contributed by atoms with Crippen LogP contribution in [-0.2, 0) is 9.53 Å². The minimum Gasteiger partial charge on any atom is -0.494 e. The van der Waals surface area contributed by atoms with Gasteiger partial charge in [-0.15, -0.1) is 10.2 Å². The number of carbonyl (C=O) groups is 1. The Morgan fingerprint density at radius 2 is 1.04 bits per heavy atom. The molecule has 1 aromatic heterocycles. The lowest BCUT2D eigenvalue weighted by molar-refractivity contribution is -0.154. The zero-order valence-electron chi connectivity index (χ0n) is 29.9. The van der Waals surface area contributed by atoms with Gasteiger partial charge in [0.2, 0.25) is 11.8 Å². The van der Waals surface area contributed by atoms with Crippen LogP contribution in [0.3, 0.4) is 0 Å². The van der Waals surface area contributed by atoms with Crippen molar-refractivity contribution in [1.29, 1.82) is 0 Å². The molecule has 0 N–H and O–H groups in total. The first kappa shape index (κ1) is 36.4. The number of hydrogen-bond donors (Lipinski definition) is 0. The molecule has 0 unspecified atom stereocenters. The minimum absolute atomic E-state index is 0.0759. The van der Waals surface area contributed by atoms with Crippen LogP contribution >= 0.6 is 0 Å².